The molecule has 1 amide bonds. The van der Waals surface area contributed by atoms with Gasteiger partial charge in [-0.15, -0.1) is 0 Å². The molecule has 2 aliphatic rings. The molecule has 1 N–H and O–H groups in total. The van der Waals surface area contributed by atoms with Gasteiger partial charge in [-0.05, 0) is 48.9 Å². The Morgan fingerprint density at radius 1 is 1.26 bits per heavy atom. The number of hydrogen-bond acceptors (Lipinski definition) is 5. The van der Waals surface area contributed by atoms with Crippen LogP contribution in [0.2, 0.25) is 0 Å². The first-order chi connectivity index (χ1) is 13.1. The minimum absolute atomic E-state index is 0.0180. The van der Waals surface area contributed by atoms with Crippen LogP contribution in [0.15, 0.2) is 62.5 Å². The number of amides is 1. The Labute approximate surface area is 161 Å². The van der Waals surface area contributed by atoms with Gasteiger partial charge in [-0.2, -0.15) is 15.1 Å². The van der Waals surface area contributed by atoms with Crippen molar-refractivity contribution >= 4 is 39.8 Å². The van der Waals surface area contributed by atoms with Crippen LogP contribution in [-0.2, 0) is 4.79 Å². The number of benzene rings is 1. The van der Waals surface area contributed by atoms with Crippen molar-refractivity contribution in [3.8, 4) is 0 Å². The molecular weight excluding hydrogens is 360 g/mol. The lowest BCUT2D eigenvalue weighted by Crippen LogP contribution is -2.35. The number of nitrogens with one attached hydrogen (secondary N) is 1. The average molecular weight is 378 g/mol. The molecule has 1 atom stereocenters. The lowest BCUT2D eigenvalue weighted by Gasteiger charge is -2.19. The Morgan fingerprint density at radius 3 is 2.70 bits per heavy atom. The third-order valence-corrected chi connectivity index (χ3v) is 5.45. The van der Waals surface area contributed by atoms with Crippen LogP contribution >= 0.6 is 11.8 Å². The van der Waals surface area contributed by atoms with Crippen molar-refractivity contribution in [3.63, 3.8) is 0 Å². The number of aliphatic imine (C=N–C) groups is 1. The summed E-state index contributed by atoms with van der Waals surface area (Å²) in [5.41, 5.74) is 1.33. The second-order valence-corrected chi connectivity index (χ2v) is 7.27. The van der Waals surface area contributed by atoms with Crippen LogP contribution < -0.4 is 0 Å². The van der Waals surface area contributed by atoms with Gasteiger partial charge in [0.1, 0.15) is 16.6 Å². The molecule has 4 rings (SSSR count). The summed E-state index contributed by atoms with van der Waals surface area (Å²) < 4.78 is 5.50. The summed E-state index contributed by atoms with van der Waals surface area (Å²) in [5, 5.41) is 15.8. The molecule has 7 heteroatoms. The highest BCUT2D eigenvalue weighted by Crippen LogP contribution is 2.35. The Kier molecular flexibility index (Phi) is 4.53. The number of furan rings is 1. The molecule has 27 heavy (non-hydrogen) atoms. The van der Waals surface area contributed by atoms with E-state index < -0.39 is 5.91 Å². The van der Waals surface area contributed by atoms with Crippen molar-refractivity contribution in [2.75, 3.05) is 0 Å². The number of hydrogen-bond donors (Lipinski definition) is 1. The molecule has 6 nitrogen and oxygen atoms in total. The maximum Gasteiger partial charge on any atom is 0.283 e. The van der Waals surface area contributed by atoms with Crippen molar-refractivity contribution < 1.29 is 9.21 Å². The van der Waals surface area contributed by atoms with Gasteiger partial charge in [0.05, 0.1) is 5.57 Å². The van der Waals surface area contributed by atoms with E-state index in [2.05, 4.69) is 29.2 Å². The van der Waals surface area contributed by atoms with Crippen LogP contribution in [0.5, 0.6) is 0 Å². The van der Waals surface area contributed by atoms with E-state index in [9.17, 15) is 4.79 Å². The topological polar surface area (TPSA) is 82.0 Å². The normalized spacial score (nSPS) is 19.2. The molecule has 0 saturated carbocycles. The lowest BCUT2D eigenvalue weighted by atomic mass is 9.98. The number of amidine groups is 2. The van der Waals surface area contributed by atoms with Crippen molar-refractivity contribution in [2.24, 2.45) is 10.1 Å². The molecule has 0 unspecified atom stereocenters. The smallest absolute Gasteiger partial charge is 0.283 e. The first-order valence-electron chi connectivity index (χ1n) is 8.68. The predicted octanol–water partition coefficient (Wildman–Crippen LogP) is 4.40. The van der Waals surface area contributed by atoms with Crippen molar-refractivity contribution in [1.29, 1.82) is 5.41 Å². The molecule has 2 aromatic rings. The van der Waals surface area contributed by atoms with Crippen LogP contribution in [0, 0.1) is 12.3 Å². The van der Waals surface area contributed by atoms with Gasteiger partial charge in [0.25, 0.3) is 5.91 Å². The zero-order chi connectivity index (χ0) is 19.0. The van der Waals surface area contributed by atoms with Crippen LogP contribution in [0.4, 0.5) is 0 Å². The van der Waals surface area contributed by atoms with E-state index in [1.807, 2.05) is 31.2 Å². The molecule has 0 spiro atoms. The molecule has 0 fully saturated rings. The van der Waals surface area contributed by atoms with Gasteiger partial charge in [0.15, 0.2) is 5.84 Å². The maximum atomic E-state index is 12.4. The highest BCUT2D eigenvalue weighted by Gasteiger charge is 2.37. The summed E-state index contributed by atoms with van der Waals surface area (Å²) in [5.74, 6) is 0.937. The summed E-state index contributed by atoms with van der Waals surface area (Å²) in [6.45, 7) is 3.93. The fourth-order valence-corrected chi connectivity index (χ4v) is 4.16. The molecule has 3 heterocycles. The third kappa shape index (κ3) is 3.26. The van der Waals surface area contributed by atoms with Gasteiger partial charge in [0.2, 0.25) is 5.17 Å². The Bertz CT molecular complexity index is 1000. The summed E-state index contributed by atoms with van der Waals surface area (Å²) in [6.07, 6.45) is 2.41. The van der Waals surface area contributed by atoms with Crippen LogP contribution in [0.3, 0.4) is 0 Å². The van der Waals surface area contributed by atoms with Crippen molar-refractivity contribution in [2.45, 2.75) is 26.2 Å². The minimum Gasteiger partial charge on any atom is -0.462 e. The summed E-state index contributed by atoms with van der Waals surface area (Å²) >= 11 is 1.36. The SMILES string of the molecule is CC[C@@H](C1=NN2C(=N)/C(=C\c3ccc(C)o3)C(=O)N=C2S1)c1ccccc1. The molecule has 2 aliphatic heterocycles. The predicted molar refractivity (Wildman–Crippen MR) is 108 cm³/mol. The summed E-state index contributed by atoms with van der Waals surface area (Å²) in [4.78, 5) is 16.6. The van der Waals surface area contributed by atoms with Crippen LogP contribution in [0.1, 0.15) is 36.3 Å². The maximum absolute atomic E-state index is 12.4. The van der Waals surface area contributed by atoms with Crippen LogP contribution in [0.25, 0.3) is 6.08 Å². The Balaban J connectivity index is 1.66. The van der Waals surface area contributed by atoms with E-state index >= 15 is 0 Å². The van der Waals surface area contributed by atoms with E-state index in [1.165, 1.54) is 16.8 Å². The molecule has 136 valence electrons. The fourth-order valence-electron chi connectivity index (χ4n) is 3.06. The first kappa shape index (κ1) is 17.5. The van der Waals surface area contributed by atoms with Gasteiger partial charge in [-0.3, -0.25) is 10.2 Å². The van der Waals surface area contributed by atoms with Gasteiger partial charge in [-0.25, -0.2) is 0 Å². The zero-order valence-electron chi connectivity index (χ0n) is 15.0. The second kappa shape index (κ2) is 7.00. The monoisotopic (exact) mass is 378 g/mol. The highest BCUT2D eigenvalue weighted by molar-refractivity contribution is 8.27. The van der Waals surface area contributed by atoms with Gasteiger partial charge in [-0.1, -0.05) is 37.3 Å². The number of carbonyl (C=O) groups is 1. The number of rotatable bonds is 4. The molecule has 0 bridgehead atoms. The highest BCUT2D eigenvalue weighted by atomic mass is 32.2. The first-order valence-corrected chi connectivity index (χ1v) is 9.50. The number of carbonyl (C=O) groups excluding carboxylic acids is 1. The number of aryl methyl sites for hydroxylation is 1. The molecule has 1 aromatic heterocycles. The largest absolute Gasteiger partial charge is 0.462 e. The number of thioether (sulfide) groups is 1. The van der Waals surface area contributed by atoms with Gasteiger partial charge in [0, 0.05) is 5.92 Å². The minimum atomic E-state index is -0.447. The molecule has 0 radical (unpaired) electrons. The average Bonchev–Trinajstić information content (AvgIpc) is 3.26. The lowest BCUT2D eigenvalue weighted by molar-refractivity contribution is -0.114. The summed E-state index contributed by atoms with van der Waals surface area (Å²) in [6, 6.07) is 13.7. The standard InChI is InChI=1S/C20H18N4O2S/c1-3-15(13-7-5-4-6-8-13)19-23-24-17(21)16(18(25)22-20(24)27-19)11-14-10-9-12(2)26-14/h4-11,15,21H,3H2,1-2H3/b16-11+,21-17?/t15-/m1/s1. The molecule has 1 aromatic carbocycles. The number of hydrazone groups is 1. The van der Waals surface area contributed by atoms with Crippen LogP contribution in [-0.4, -0.2) is 27.0 Å². The third-order valence-electron chi connectivity index (χ3n) is 4.43. The fraction of sp³-hybridized carbons (Fsp3) is 0.200. The van der Waals surface area contributed by atoms with E-state index in [0.29, 0.717) is 10.9 Å². The second-order valence-electron chi connectivity index (χ2n) is 6.28. The quantitative estimate of drug-likeness (QED) is 0.800. The van der Waals surface area contributed by atoms with E-state index in [-0.39, 0.29) is 17.3 Å². The molecule has 0 aliphatic carbocycles. The Morgan fingerprint density at radius 2 is 2.04 bits per heavy atom. The summed E-state index contributed by atoms with van der Waals surface area (Å²) in [7, 11) is 0. The Hall–Kier alpha value is -2.93. The van der Waals surface area contributed by atoms with Gasteiger partial charge < -0.3 is 4.42 Å². The van der Waals surface area contributed by atoms with Gasteiger partial charge >= 0.3 is 0 Å². The van der Waals surface area contributed by atoms with E-state index in [4.69, 9.17) is 9.83 Å². The molecular formula is C20H18N4O2S. The number of fused-ring (bicyclic) bond motifs is 1. The van der Waals surface area contributed by atoms with E-state index in [0.717, 1.165) is 22.8 Å². The van der Waals surface area contributed by atoms with E-state index in [1.54, 1.807) is 12.1 Å². The van der Waals surface area contributed by atoms with Crippen molar-refractivity contribution in [3.05, 3.63) is 65.1 Å². The zero-order valence-corrected chi connectivity index (χ0v) is 15.8. The number of nitrogens with zero attached hydrogens (tertiary/aromatic N) is 3. The van der Waals surface area contributed by atoms with Crippen molar-refractivity contribution in [1.82, 2.24) is 5.01 Å². The molecule has 0 saturated heterocycles.